The highest BCUT2D eigenvalue weighted by atomic mass is 35.5. The van der Waals surface area contributed by atoms with Gasteiger partial charge in [0, 0.05) is 5.69 Å². The van der Waals surface area contributed by atoms with Crippen molar-refractivity contribution in [3.8, 4) is 0 Å². The summed E-state index contributed by atoms with van der Waals surface area (Å²) in [4.78, 5) is 25.4. The lowest BCUT2D eigenvalue weighted by Crippen LogP contribution is -2.33. The van der Waals surface area contributed by atoms with Gasteiger partial charge in [-0.1, -0.05) is 17.7 Å². The standard InChI is InChI=1S/C23H22ClFN2O4S/c1-13-5-7-18(10-14(13)2)32(30,31)22-15(3)9-16(4)27(23(22)29)12-21(28)26-20-8-6-17(25)11-19(20)24/h5-11H,12H2,1-4H3,(H,26,28). The third-order valence-electron chi connectivity index (χ3n) is 5.21. The summed E-state index contributed by atoms with van der Waals surface area (Å²) in [6, 6.07) is 9.71. The average Bonchev–Trinajstić information content (AvgIpc) is 2.69. The van der Waals surface area contributed by atoms with E-state index in [1.165, 1.54) is 18.2 Å². The number of anilines is 1. The van der Waals surface area contributed by atoms with Crippen LogP contribution in [0.4, 0.5) is 10.1 Å². The lowest BCUT2D eigenvalue weighted by atomic mass is 10.1. The highest BCUT2D eigenvalue weighted by Crippen LogP contribution is 2.24. The zero-order valence-electron chi connectivity index (χ0n) is 18.0. The number of carbonyl (C=O) groups excluding carboxylic acids is 1. The van der Waals surface area contributed by atoms with Crippen LogP contribution in [-0.4, -0.2) is 18.9 Å². The molecule has 1 N–H and O–H groups in total. The summed E-state index contributed by atoms with van der Waals surface area (Å²) in [6.45, 7) is 6.37. The molecule has 6 nitrogen and oxygen atoms in total. The first-order valence-electron chi connectivity index (χ1n) is 9.70. The first kappa shape index (κ1) is 23.7. The Balaban J connectivity index is 2.02. The molecule has 3 aromatic rings. The number of aryl methyl sites for hydroxylation is 4. The van der Waals surface area contributed by atoms with E-state index >= 15 is 0 Å². The number of amides is 1. The normalized spacial score (nSPS) is 11.4. The fourth-order valence-corrected chi connectivity index (χ4v) is 5.21. The molecule has 0 saturated carbocycles. The molecule has 0 radical (unpaired) electrons. The zero-order chi connectivity index (χ0) is 23.8. The van der Waals surface area contributed by atoms with E-state index in [0.29, 0.717) is 11.3 Å². The maximum absolute atomic E-state index is 13.3. The van der Waals surface area contributed by atoms with Crippen LogP contribution in [0, 0.1) is 33.5 Å². The van der Waals surface area contributed by atoms with Crippen molar-refractivity contribution in [2.75, 3.05) is 5.32 Å². The Morgan fingerprint density at radius 2 is 1.69 bits per heavy atom. The molecule has 0 unspecified atom stereocenters. The fraction of sp³-hybridized carbons (Fsp3) is 0.217. The number of sulfone groups is 1. The summed E-state index contributed by atoms with van der Waals surface area (Å²) >= 11 is 5.93. The first-order chi connectivity index (χ1) is 14.9. The molecule has 9 heteroatoms. The second kappa shape index (κ2) is 8.88. The van der Waals surface area contributed by atoms with Crippen molar-refractivity contribution >= 4 is 33.0 Å². The average molecular weight is 477 g/mol. The van der Waals surface area contributed by atoms with Crippen molar-refractivity contribution in [2.45, 2.75) is 44.0 Å². The van der Waals surface area contributed by atoms with Crippen molar-refractivity contribution in [3.63, 3.8) is 0 Å². The molecule has 1 aromatic heterocycles. The van der Waals surface area contributed by atoms with Crippen LogP contribution < -0.4 is 10.9 Å². The molecule has 3 rings (SSSR count). The van der Waals surface area contributed by atoms with Gasteiger partial charge in [-0.25, -0.2) is 12.8 Å². The van der Waals surface area contributed by atoms with E-state index in [9.17, 15) is 22.4 Å². The quantitative estimate of drug-likeness (QED) is 0.593. The molecular formula is C23H22ClFN2O4S. The molecule has 0 saturated heterocycles. The van der Waals surface area contributed by atoms with Crippen LogP contribution in [0.2, 0.25) is 5.02 Å². The van der Waals surface area contributed by atoms with E-state index in [-0.39, 0.29) is 20.5 Å². The van der Waals surface area contributed by atoms with Gasteiger partial charge in [-0.2, -0.15) is 0 Å². The molecule has 0 spiro atoms. The van der Waals surface area contributed by atoms with Gasteiger partial charge in [0.2, 0.25) is 15.7 Å². The molecule has 0 aliphatic carbocycles. The monoisotopic (exact) mass is 476 g/mol. The van der Waals surface area contributed by atoms with Gasteiger partial charge in [0.05, 0.1) is 15.6 Å². The summed E-state index contributed by atoms with van der Waals surface area (Å²) in [6.07, 6.45) is 0. The van der Waals surface area contributed by atoms with Gasteiger partial charge in [-0.3, -0.25) is 9.59 Å². The van der Waals surface area contributed by atoms with Crippen LogP contribution in [0.25, 0.3) is 0 Å². The van der Waals surface area contributed by atoms with Crippen LogP contribution in [0.5, 0.6) is 0 Å². The van der Waals surface area contributed by atoms with Crippen molar-refractivity contribution < 1.29 is 17.6 Å². The van der Waals surface area contributed by atoms with Gasteiger partial charge in [-0.15, -0.1) is 0 Å². The highest BCUT2D eigenvalue weighted by Gasteiger charge is 2.26. The number of aromatic nitrogens is 1. The Morgan fingerprint density at radius 3 is 2.31 bits per heavy atom. The van der Waals surface area contributed by atoms with Crippen molar-refractivity contribution in [2.24, 2.45) is 0 Å². The number of hydrogen-bond acceptors (Lipinski definition) is 4. The minimum Gasteiger partial charge on any atom is -0.323 e. The number of nitrogens with zero attached hydrogens (tertiary/aromatic N) is 1. The smallest absolute Gasteiger partial charge is 0.270 e. The topological polar surface area (TPSA) is 85.2 Å². The van der Waals surface area contributed by atoms with Crippen molar-refractivity contribution in [1.29, 1.82) is 0 Å². The molecule has 0 aliphatic rings. The minimum atomic E-state index is -4.11. The summed E-state index contributed by atoms with van der Waals surface area (Å²) in [5, 5.41) is 2.52. The Morgan fingerprint density at radius 1 is 1.00 bits per heavy atom. The second-order valence-corrected chi connectivity index (χ2v) is 9.90. The highest BCUT2D eigenvalue weighted by molar-refractivity contribution is 7.91. The molecule has 32 heavy (non-hydrogen) atoms. The van der Waals surface area contributed by atoms with Crippen LogP contribution in [0.15, 0.2) is 57.1 Å². The predicted octanol–water partition coefficient (Wildman–Crippen LogP) is 4.35. The van der Waals surface area contributed by atoms with Crippen LogP contribution in [-0.2, 0) is 21.2 Å². The van der Waals surface area contributed by atoms with Gasteiger partial charge >= 0.3 is 0 Å². The lowest BCUT2D eigenvalue weighted by molar-refractivity contribution is -0.116. The zero-order valence-corrected chi connectivity index (χ0v) is 19.6. The van der Waals surface area contributed by atoms with Crippen LogP contribution in [0.1, 0.15) is 22.4 Å². The molecule has 1 amide bonds. The summed E-state index contributed by atoms with van der Waals surface area (Å²) in [7, 11) is -4.11. The van der Waals surface area contributed by atoms with Crippen molar-refractivity contribution in [3.05, 3.63) is 86.0 Å². The van der Waals surface area contributed by atoms with E-state index in [1.54, 1.807) is 32.9 Å². The number of halogens is 2. The molecular weight excluding hydrogens is 455 g/mol. The third-order valence-corrected chi connectivity index (χ3v) is 7.43. The molecule has 0 aliphatic heterocycles. The van der Waals surface area contributed by atoms with Crippen LogP contribution >= 0.6 is 11.6 Å². The fourth-order valence-electron chi connectivity index (χ4n) is 3.35. The maximum Gasteiger partial charge on any atom is 0.270 e. The number of hydrogen-bond donors (Lipinski definition) is 1. The largest absolute Gasteiger partial charge is 0.323 e. The van der Waals surface area contributed by atoms with E-state index in [2.05, 4.69) is 5.32 Å². The second-order valence-electron chi connectivity index (χ2n) is 7.61. The maximum atomic E-state index is 13.3. The minimum absolute atomic E-state index is 0.00401. The van der Waals surface area contributed by atoms with Gasteiger partial charge < -0.3 is 9.88 Å². The molecule has 1 heterocycles. The number of rotatable bonds is 5. The summed E-state index contributed by atoms with van der Waals surface area (Å²) < 4.78 is 40.9. The van der Waals surface area contributed by atoms with E-state index in [0.717, 1.165) is 27.8 Å². The van der Waals surface area contributed by atoms with E-state index in [4.69, 9.17) is 11.6 Å². The number of nitrogens with one attached hydrogen (secondary N) is 1. The molecule has 0 bridgehead atoms. The summed E-state index contributed by atoms with van der Waals surface area (Å²) in [5.41, 5.74) is 1.82. The predicted molar refractivity (Wildman–Crippen MR) is 122 cm³/mol. The van der Waals surface area contributed by atoms with E-state index in [1.807, 2.05) is 6.92 Å². The van der Waals surface area contributed by atoms with Crippen molar-refractivity contribution in [1.82, 2.24) is 4.57 Å². The lowest BCUT2D eigenvalue weighted by Gasteiger charge is -2.15. The number of benzene rings is 2. The number of carbonyl (C=O) groups is 1. The van der Waals surface area contributed by atoms with Crippen LogP contribution in [0.3, 0.4) is 0 Å². The Hall–Kier alpha value is -2.97. The Kier molecular flexibility index (Phi) is 6.57. The van der Waals surface area contributed by atoms with Gasteiger partial charge in [0.25, 0.3) is 5.56 Å². The summed E-state index contributed by atoms with van der Waals surface area (Å²) in [5.74, 6) is -1.16. The first-order valence-corrected chi connectivity index (χ1v) is 11.6. The Labute approximate surface area is 190 Å². The van der Waals surface area contributed by atoms with E-state index < -0.39 is 33.7 Å². The number of pyridine rings is 1. The van der Waals surface area contributed by atoms with Gasteiger partial charge in [-0.05, 0) is 80.8 Å². The molecule has 2 aromatic carbocycles. The SMILES string of the molecule is Cc1ccc(S(=O)(=O)c2c(C)cc(C)n(CC(=O)Nc3ccc(F)cc3Cl)c2=O)cc1C. The molecule has 0 atom stereocenters. The van der Waals surface area contributed by atoms with Gasteiger partial charge in [0.1, 0.15) is 17.3 Å². The Bertz CT molecular complexity index is 1400. The molecule has 0 fully saturated rings. The molecule has 168 valence electrons. The third kappa shape index (κ3) is 4.61. The van der Waals surface area contributed by atoms with Gasteiger partial charge in [0.15, 0.2) is 0 Å².